The molecule has 4 nitrogen and oxygen atoms in total. The smallest absolute Gasteiger partial charge is 0.216 e. The van der Waals surface area contributed by atoms with Gasteiger partial charge in [0.15, 0.2) is 0 Å². The number of hydrogen-bond acceptors (Lipinski definition) is 3. The topological polar surface area (TPSA) is 49.4 Å². The van der Waals surface area contributed by atoms with E-state index in [1.807, 2.05) is 0 Å². The normalized spacial score (nSPS) is 21.1. The summed E-state index contributed by atoms with van der Waals surface area (Å²) < 4.78 is 11.6. The zero-order valence-electron chi connectivity index (χ0n) is 9.33. The van der Waals surface area contributed by atoms with Crippen LogP contribution in [0.2, 0.25) is 0 Å². The van der Waals surface area contributed by atoms with Crippen LogP contribution >= 0.6 is 0 Å². The van der Waals surface area contributed by atoms with Crippen LogP contribution in [-0.4, -0.2) is 58.6 Å². The molecule has 0 aliphatic carbocycles. The monoisotopic (exact) mass is 232 g/mol. The molecule has 1 heterocycles. The van der Waals surface area contributed by atoms with E-state index < -0.39 is 9.52 Å². The van der Waals surface area contributed by atoms with Gasteiger partial charge in [-0.2, -0.15) is 0 Å². The number of carbonyl (C=O) groups is 1. The van der Waals surface area contributed by atoms with Gasteiger partial charge < -0.3 is 10.2 Å². The van der Waals surface area contributed by atoms with Crippen molar-refractivity contribution in [1.82, 2.24) is 10.2 Å². The molecule has 1 aliphatic rings. The second-order valence-electron chi connectivity index (χ2n) is 4.05. The summed E-state index contributed by atoms with van der Waals surface area (Å²) in [6.07, 6.45) is 0.956. The highest BCUT2D eigenvalue weighted by atomic mass is 32.2. The second-order valence-corrected chi connectivity index (χ2v) is 6.80. The third kappa shape index (κ3) is 5.18. The Labute approximate surface area is 92.0 Å². The fourth-order valence-electron chi connectivity index (χ4n) is 1.60. The van der Waals surface area contributed by atoms with Gasteiger partial charge in [-0.1, -0.05) is 0 Å². The molecule has 0 unspecified atom stereocenters. The highest BCUT2D eigenvalue weighted by Gasteiger charge is 2.16. The number of rotatable bonds is 4. The van der Waals surface area contributed by atoms with Gasteiger partial charge in [-0.25, -0.2) is 0 Å². The molecular weight excluding hydrogens is 212 g/mol. The summed E-state index contributed by atoms with van der Waals surface area (Å²) >= 11 is 0. The Kier molecular flexibility index (Phi) is 4.60. The van der Waals surface area contributed by atoms with E-state index in [0.717, 1.165) is 32.6 Å². The lowest BCUT2D eigenvalue weighted by molar-refractivity contribution is -0.118. The summed E-state index contributed by atoms with van der Waals surface area (Å²) in [5.74, 6) is 5.18. The molecule has 0 saturated carbocycles. The molecule has 1 N–H and O–H groups in total. The molecule has 1 rings (SSSR count). The predicted octanol–water partition coefficient (Wildman–Crippen LogP) is -0.455. The van der Waals surface area contributed by atoms with E-state index in [0.29, 0.717) is 11.5 Å². The average molecular weight is 232 g/mol. The molecule has 1 fully saturated rings. The lowest BCUT2D eigenvalue weighted by Crippen LogP contribution is -2.41. The minimum absolute atomic E-state index is 0.0226. The second kappa shape index (κ2) is 5.51. The molecule has 88 valence electrons. The molecular formula is C10H20N2O2S. The van der Waals surface area contributed by atoms with Gasteiger partial charge in [-0.3, -0.25) is 9.00 Å². The standard InChI is InChI=1S/C10H20N2O2S/c1-10(13)11-4-3-5-12-6-8-15(2,14)9-7-12/h2-9H2,1H3,(H,11,13). The number of nitrogens with zero attached hydrogens (tertiary/aromatic N) is 1. The lowest BCUT2D eigenvalue weighted by atomic mass is 10.3. The number of amides is 1. The molecule has 0 radical (unpaired) electrons. The van der Waals surface area contributed by atoms with Crippen LogP contribution in [0.3, 0.4) is 0 Å². The van der Waals surface area contributed by atoms with E-state index in [1.165, 1.54) is 6.92 Å². The van der Waals surface area contributed by atoms with Crippen LogP contribution < -0.4 is 5.32 Å². The molecule has 0 aromatic carbocycles. The Morgan fingerprint density at radius 1 is 1.47 bits per heavy atom. The first-order valence-electron chi connectivity index (χ1n) is 5.29. The Balaban J connectivity index is 2.11. The van der Waals surface area contributed by atoms with E-state index >= 15 is 0 Å². The fourth-order valence-corrected chi connectivity index (χ4v) is 2.98. The number of nitrogens with one attached hydrogen (secondary N) is 1. The van der Waals surface area contributed by atoms with Crippen LogP contribution in [0.15, 0.2) is 0 Å². The van der Waals surface area contributed by atoms with E-state index in [2.05, 4.69) is 16.1 Å². The van der Waals surface area contributed by atoms with Crippen molar-refractivity contribution in [2.45, 2.75) is 13.3 Å². The van der Waals surface area contributed by atoms with Crippen molar-refractivity contribution in [3.63, 3.8) is 0 Å². The molecule has 0 spiro atoms. The Morgan fingerprint density at radius 2 is 2.07 bits per heavy atom. The quantitative estimate of drug-likeness (QED) is 0.527. The fraction of sp³-hybridized carbons (Fsp3) is 0.800. The first kappa shape index (κ1) is 12.5. The largest absolute Gasteiger partial charge is 0.356 e. The third-order valence-electron chi connectivity index (χ3n) is 2.58. The Bertz CT molecular complexity index is 297. The van der Waals surface area contributed by atoms with Crippen LogP contribution in [-0.2, 0) is 14.3 Å². The highest BCUT2D eigenvalue weighted by Crippen LogP contribution is 2.03. The zero-order chi connectivity index (χ0) is 11.3. The van der Waals surface area contributed by atoms with Crippen molar-refractivity contribution in [1.29, 1.82) is 0 Å². The minimum Gasteiger partial charge on any atom is -0.356 e. The number of hydrogen-bond donors (Lipinski definition) is 1. The molecule has 0 atom stereocenters. The van der Waals surface area contributed by atoms with Crippen LogP contribution in [0.1, 0.15) is 13.3 Å². The number of carbonyl (C=O) groups excluding carboxylic acids is 1. The van der Waals surface area contributed by atoms with Gasteiger partial charge in [-0.15, -0.1) is 0 Å². The first-order valence-corrected chi connectivity index (χ1v) is 7.35. The van der Waals surface area contributed by atoms with Crippen LogP contribution in [0, 0.1) is 0 Å². The van der Waals surface area contributed by atoms with Gasteiger partial charge in [-0.05, 0) is 28.4 Å². The summed E-state index contributed by atoms with van der Waals surface area (Å²) in [7, 11) is -1.77. The predicted molar refractivity (Wildman–Crippen MR) is 64.7 cm³/mol. The zero-order valence-corrected chi connectivity index (χ0v) is 10.1. The molecule has 1 aliphatic heterocycles. The Hall–Kier alpha value is -0.550. The van der Waals surface area contributed by atoms with E-state index in [-0.39, 0.29) is 5.91 Å². The van der Waals surface area contributed by atoms with Gasteiger partial charge in [0, 0.05) is 38.1 Å². The Morgan fingerprint density at radius 3 is 2.60 bits per heavy atom. The maximum absolute atomic E-state index is 11.6. The summed E-state index contributed by atoms with van der Waals surface area (Å²) in [6.45, 7) is 4.98. The maximum atomic E-state index is 11.6. The molecule has 0 aromatic heterocycles. The summed E-state index contributed by atoms with van der Waals surface area (Å²) in [5.41, 5.74) is 0. The van der Waals surface area contributed by atoms with Crippen molar-refractivity contribution < 1.29 is 9.00 Å². The van der Waals surface area contributed by atoms with Crippen molar-refractivity contribution >= 4 is 21.3 Å². The summed E-state index contributed by atoms with van der Waals surface area (Å²) in [4.78, 5) is 12.9. The minimum atomic E-state index is -1.77. The first-order chi connectivity index (χ1) is 6.99. The van der Waals surface area contributed by atoms with E-state index in [1.54, 1.807) is 0 Å². The molecule has 1 amide bonds. The van der Waals surface area contributed by atoms with Gasteiger partial charge in [0.25, 0.3) is 0 Å². The highest BCUT2D eigenvalue weighted by molar-refractivity contribution is 8.00. The summed E-state index contributed by atoms with van der Waals surface area (Å²) in [5, 5.41) is 2.77. The van der Waals surface area contributed by atoms with Crippen molar-refractivity contribution in [2.24, 2.45) is 0 Å². The van der Waals surface area contributed by atoms with Crippen LogP contribution in [0.25, 0.3) is 0 Å². The molecule has 0 bridgehead atoms. The maximum Gasteiger partial charge on any atom is 0.216 e. The van der Waals surface area contributed by atoms with E-state index in [4.69, 9.17) is 0 Å². The van der Waals surface area contributed by atoms with Crippen molar-refractivity contribution in [2.75, 3.05) is 37.7 Å². The summed E-state index contributed by atoms with van der Waals surface area (Å²) in [6, 6.07) is 0. The van der Waals surface area contributed by atoms with Gasteiger partial charge >= 0.3 is 0 Å². The van der Waals surface area contributed by atoms with Crippen LogP contribution in [0.5, 0.6) is 0 Å². The van der Waals surface area contributed by atoms with Crippen LogP contribution in [0.4, 0.5) is 0 Å². The van der Waals surface area contributed by atoms with E-state index in [9.17, 15) is 9.00 Å². The molecule has 5 heteroatoms. The van der Waals surface area contributed by atoms with Gasteiger partial charge in [0.1, 0.15) is 0 Å². The molecule has 1 saturated heterocycles. The van der Waals surface area contributed by atoms with Crippen molar-refractivity contribution in [3.8, 4) is 0 Å². The average Bonchev–Trinajstić information content (AvgIpc) is 2.14. The third-order valence-corrected chi connectivity index (χ3v) is 4.44. The molecule has 0 aromatic rings. The van der Waals surface area contributed by atoms with Gasteiger partial charge in [0.2, 0.25) is 5.91 Å². The van der Waals surface area contributed by atoms with Crippen molar-refractivity contribution in [3.05, 3.63) is 0 Å². The SMILES string of the molecule is C=S1(=O)CCN(CCCNC(C)=O)CC1. The lowest BCUT2D eigenvalue weighted by Gasteiger charge is -2.28. The molecule has 15 heavy (non-hydrogen) atoms. The van der Waals surface area contributed by atoms with Gasteiger partial charge in [0.05, 0.1) is 0 Å².